The fraction of sp³-hybridized carbons (Fsp3) is 0.583. The molecule has 4 rings (SSSR count). The number of likely N-dealkylation sites (N-methyl/N-ethyl adjacent to an activating group) is 1. The first-order valence-corrected chi connectivity index (χ1v) is 11.2. The molecule has 2 aromatic rings. The maximum absolute atomic E-state index is 13.4. The van der Waals surface area contributed by atoms with E-state index in [1.165, 1.54) is 0 Å². The van der Waals surface area contributed by atoms with Gasteiger partial charge in [-0.3, -0.25) is 0 Å². The number of esters is 1. The van der Waals surface area contributed by atoms with Gasteiger partial charge in [0.25, 0.3) is 0 Å². The minimum atomic E-state index is -1.56. The fourth-order valence-corrected chi connectivity index (χ4v) is 5.22. The van der Waals surface area contributed by atoms with Gasteiger partial charge in [-0.2, -0.15) is 0 Å². The Labute approximate surface area is 178 Å². The number of ether oxygens (including phenoxy) is 1. The molecule has 2 heterocycles. The van der Waals surface area contributed by atoms with Crippen molar-refractivity contribution < 1.29 is 23.6 Å². The molecule has 6 nitrogen and oxygen atoms in total. The third-order valence-electron chi connectivity index (χ3n) is 7.01. The lowest BCUT2D eigenvalue weighted by atomic mass is 9.80. The Morgan fingerprint density at radius 2 is 1.97 bits per heavy atom. The van der Waals surface area contributed by atoms with E-state index in [1.54, 1.807) is 6.26 Å². The van der Waals surface area contributed by atoms with E-state index in [2.05, 4.69) is 12.2 Å². The Bertz CT molecular complexity index is 819. The molecule has 2 unspecified atom stereocenters. The molecule has 2 fully saturated rings. The third-order valence-corrected chi connectivity index (χ3v) is 7.01. The van der Waals surface area contributed by atoms with Crippen LogP contribution in [0.3, 0.4) is 0 Å². The molecule has 162 valence electrons. The molecule has 1 aliphatic carbocycles. The molecular weight excluding hydrogens is 380 g/mol. The van der Waals surface area contributed by atoms with E-state index < -0.39 is 11.6 Å². The van der Waals surface area contributed by atoms with Crippen LogP contribution >= 0.6 is 0 Å². The summed E-state index contributed by atoms with van der Waals surface area (Å²) in [5.41, 5.74) is 0.0495. The number of carbonyl (C=O) groups excluding carboxylic acids is 1. The molecule has 6 heteroatoms. The van der Waals surface area contributed by atoms with Crippen LogP contribution in [0.4, 0.5) is 0 Å². The number of hydrogen-bond acceptors (Lipinski definition) is 5. The van der Waals surface area contributed by atoms with Gasteiger partial charge in [-0.1, -0.05) is 48.3 Å². The van der Waals surface area contributed by atoms with E-state index in [0.29, 0.717) is 5.56 Å². The van der Waals surface area contributed by atoms with Crippen molar-refractivity contribution in [3.05, 3.63) is 53.9 Å². The van der Waals surface area contributed by atoms with Crippen molar-refractivity contribution in [1.82, 2.24) is 5.16 Å². The standard InChI is InChI=1S/C24H33N2O4/c1-26(16-13-21-14-17-29-25-21)15-7-12-22(18-26)30-23(27)24(28,20-10-5-6-11-20)19-8-3-2-4-9-19/h2-4,8-9,14,17,20,22,28H,5-7,10-13,15-16,18H2,1H3/q+1/t22-,24?,26?/m1/s1. The molecule has 0 bridgehead atoms. The van der Waals surface area contributed by atoms with E-state index in [-0.39, 0.29) is 12.0 Å². The summed E-state index contributed by atoms with van der Waals surface area (Å²) in [5.74, 6) is -0.556. The molecule has 1 N–H and O–H groups in total. The number of aromatic nitrogens is 1. The topological polar surface area (TPSA) is 72.6 Å². The highest BCUT2D eigenvalue weighted by Crippen LogP contribution is 2.42. The molecule has 0 radical (unpaired) electrons. The molecular formula is C24H33N2O4+. The van der Waals surface area contributed by atoms with E-state index in [4.69, 9.17) is 9.26 Å². The van der Waals surface area contributed by atoms with Crippen LogP contribution in [0, 0.1) is 5.92 Å². The Hall–Kier alpha value is -2.18. The summed E-state index contributed by atoms with van der Waals surface area (Å²) in [6, 6.07) is 11.2. The number of carbonyl (C=O) groups is 1. The lowest BCUT2D eigenvalue weighted by Crippen LogP contribution is -2.56. The number of piperidine rings is 1. The summed E-state index contributed by atoms with van der Waals surface area (Å²) in [6.07, 6.45) is 7.92. The second kappa shape index (κ2) is 8.90. The Balaban J connectivity index is 1.45. The van der Waals surface area contributed by atoms with Gasteiger partial charge in [0.05, 0.1) is 25.8 Å². The maximum atomic E-state index is 13.4. The highest BCUT2D eigenvalue weighted by molar-refractivity contribution is 5.81. The van der Waals surface area contributed by atoms with Crippen LogP contribution in [0.1, 0.15) is 49.8 Å². The summed E-state index contributed by atoms with van der Waals surface area (Å²) in [4.78, 5) is 13.4. The van der Waals surface area contributed by atoms with Gasteiger partial charge in [0.2, 0.25) is 0 Å². The summed E-state index contributed by atoms with van der Waals surface area (Å²) >= 11 is 0. The van der Waals surface area contributed by atoms with E-state index in [9.17, 15) is 9.90 Å². The molecule has 0 spiro atoms. The van der Waals surface area contributed by atoms with Crippen LogP contribution in [-0.4, -0.2) is 53.5 Å². The van der Waals surface area contributed by atoms with Crippen molar-refractivity contribution in [2.75, 3.05) is 26.7 Å². The van der Waals surface area contributed by atoms with Gasteiger partial charge in [-0.25, -0.2) is 4.79 Å². The van der Waals surface area contributed by atoms with Crippen LogP contribution in [-0.2, 0) is 21.6 Å². The zero-order valence-electron chi connectivity index (χ0n) is 17.8. The van der Waals surface area contributed by atoms with Crippen LogP contribution in [0.25, 0.3) is 0 Å². The van der Waals surface area contributed by atoms with Gasteiger partial charge in [-0.05, 0) is 24.8 Å². The number of hydrogen-bond donors (Lipinski definition) is 1. The van der Waals surface area contributed by atoms with Gasteiger partial charge in [-0.15, -0.1) is 0 Å². The maximum Gasteiger partial charge on any atom is 0.343 e. The monoisotopic (exact) mass is 413 g/mol. The number of nitrogens with zero attached hydrogens (tertiary/aromatic N) is 2. The number of likely N-dealkylation sites (tertiary alicyclic amines) is 1. The molecule has 1 saturated heterocycles. The molecule has 2 aliphatic rings. The van der Waals surface area contributed by atoms with Crippen LogP contribution in [0.5, 0.6) is 0 Å². The number of quaternary nitrogens is 1. The van der Waals surface area contributed by atoms with Crippen molar-refractivity contribution in [2.24, 2.45) is 5.92 Å². The minimum Gasteiger partial charge on any atom is -0.454 e. The zero-order chi connectivity index (χ0) is 21.0. The smallest absolute Gasteiger partial charge is 0.343 e. The quantitative estimate of drug-likeness (QED) is 0.556. The Morgan fingerprint density at radius 1 is 1.20 bits per heavy atom. The molecule has 1 aromatic carbocycles. The van der Waals surface area contributed by atoms with Crippen molar-refractivity contribution in [2.45, 2.75) is 56.7 Å². The highest BCUT2D eigenvalue weighted by atomic mass is 16.6. The van der Waals surface area contributed by atoms with E-state index in [0.717, 1.165) is 74.8 Å². The molecule has 0 amide bonds. The highest BCUT2D eigenvalue weighted by Gasteiger charge is 2.49. The Kier molecular flexibility index (Phi) is 6.25. The largest absolute Gasteiger partial charge is 0.454 e. The third kappa shape index (κ3) is 4.44. The molecule has 1 saturated carbocycles. The van der Waals surface area contributed by atoms with Crippen molar-refractivity contribution in [3.8, 4) is 0 Å². The first-order valence-electron chi connectivity index (χ1n) is 11.2. The first kappa shape index (κ1) is 21.1. The second-order valence-corrected chi connectivity index (χ2v) is 9.27. The van der Waals surface area contributed by atoms with E-state index >= 15 is 0 Å². The summed E-state index contributed by atoms with van der Waals surface area (Å²) < 4.78 is 11.8. The second-order valence-electron chi connectivity index (χ2n) is 9.27. The lowest BCUT2D eigenvalue weighted by molar-refractivity contribution is -0.916. The number of benzene rings is 1. The van der Waals surface area contributed by atoms with Gasteiger partial charge >= 0.3 is 5.97 Å². The van der Waals surface area contributed by atoms with Crippen LogP contribution in [0.15, 0.2) is 47.2 Å². The summed E-state index contributed by atoms with van der Waals surface area (Å²) in [6.45, 7) is 2.74. The van der Waals surface area contributed by atoms with Gasteiger partial charge in [0.15, 0.2) is 11.7 Å². The Morgan fingerprint density at radius 3 is 2.67 bits per heavy atom. The summed E-state index contributed by atoms with van der Waals surface area (Å²) in [7, 11) is 2.21. The normalized spacial score (nSPS) is 26.9. The average molecular weight is 414 g/mol. The van der Waals surface area contributed by atoms with Gasteiger partial charge in [0.1, 0.15) is 12.8 Å². The summed E-state index contributed by atoms with van der Waals surface area (Å²) in [5, 5.41) is 15.6. The van der Waals surface area contributed by atoms with E-state index in [1.807, 2.05) is 36.4 Å². The molecule has 1 aromatic heterocycles. The fourth-order valence-electron chi connectivity index (χ4n) is 5.22. The van der Waals surface area contributed by atoms with Crippen molar-refractivity contribution >= 4 is 5.97 Å². The predicted molar refractivity (Wildman–Crippen MR) is 112 cm³/mol. The van der Waals surface area contributed by atoms with Crippen molar-refractivity contribution in [1.29, 1.82) is 0 Å². The molecule has 1 aliphatic heterocycles. The first-order chi connectivity index (χ1) is 14.5. The SMILES string of the molecule is C[N+]1(CCc2ccon2)CCC[C@@H](OC(=O)C(O)(c2ccccc2)C2CCCC2)C1. The van der Waals surface area contributed by atoms with Gasteiger partial charge < -0.3 is 18.8 Å². The molecule has 3 atom stereocenters. The molecule has 30 heavy (non-hydrogen) atoms. The van der Waals surface area contributed by atoms with Gasteiger partial charge in [0, 0.05) is 24.8 Å². The minimum absolute atomic E-state index is 0.0796. The predicted octanol–water partition coefficient (Wildman–Crippen LogP) is 3.45. The lowest BCUT2D eigenvalue weighted by Gasteiger charge is -2.42. The number of aliphatic hydroxyl groups is 1. The number of rotatable bonds is 7. The van der Waals surface area contributed by atoms with Crippen LogP contribution < -0.4 is 0 Å². The average Bonchev–Trinajstić information content (AvgIpc) is 3.47. The van der Waals surface area contributed by atoms with Crippen molar-refractivity contribution in [3.63, 3.8) is 0 Å². The van der Waals surface area contributed by atoms with Crippen LogP contribution in [0.2, 0.25) is 0 Å². The zero-order valence-corrected chi connectivity index (χ0v) is 17.8.